The summed E-state index contributed by atoms with van der Waals surface area (Å²) < 4.78 is 13.0. The van der Waals surface area contributed by atoms with E-state index in [0.717, 1.165) is 0 Å². The maximum atomic E-state index is 13.0. The second-order valence-corrected chi connectivity index (χ2v) is 4.99. The number of hydrogen-bond acceptors (Lipinski definition) is 2. The van der Waals surface area contributed by atoms with Crippen LogP contribution in [0.1, 0.15) is 25.8 Å². The van der Waals surface area contributed by atoms with Crippen LogP contribution in [0, 0.1) is 5.82 Å². The molecule has 4 nitrogen and oxygen atoms in total. The molecule has 1 amide bonds. The second-order valence-electron chi connectivity index (χ2n) is 4.58. The molecule has 0 radical (unpaired) electrons. The van der Waals surface area contributed by atoms with Crippen LogP contribution in [0.5, 0.6) is 0 Å². The zero-order valence-corrected chi connectivity index (χ0v) is 12.6. The van der Waals surface area contributed by atoms with E-state index in [1.165, 1.54) is 35.3 Å². The fourth-order valence-corrected chi connectivity index (χ4v) is 2.12. The Morgan fingerprint density at radius 2 is 2.14 bits per heavy atom. The van der Waals surface area contributed by atoms with Crippen molar-refractivity contribution in [2.75, 3.05) is 6.54 Å². The Kier molecular flexibility index (Phi) is 6.37. The van der Waals surface area contributed by atoms with Crippen LogP contribution in [0.2, 0.25) is 5.02 Å². The average Bonchev–Trinajstić information content (AvgIpc) is 2.40. The number of halogens is 2. The monoisotopic (exact) mass is 313 g/mol. The summed E-state index contributed by atoms with van der Waals surface area (Å²) in [6.45, 7) is 3.86. The Bertz CT molecular complexity index is 560. The van der Waals surface area contributed by atoms with Gasteiger partial charge in [0.2, 0.25) is 5.91 Å². The molecule has 0 spiro atoms. The van der Waals surface area contributed by atoms with Crippen LogP contribution >= 0.6 is 11.6 Å². The number of nitrogens with zero attached hydrogens (tertiary/aromatic N) is 1. The minimum absolute atomic E-state index is 0.0174. The molecule has 0 aromatic heterocycles. The quantitative estimate of drug-likeness (QED) is 0.820. The number of carbonyl (C=O) groups excluding carboxylic acids is 1. The molecule has 0 heterocycles. The first-order valence-corrected chi connectivity index (χ1v) is 6.88. The molecule has 1 N–H and O–H groups in total. The van der Waals surface area contributed by atoms with Crippen molar-refractivity contribution in [2.24, 2.45) is 0 Å². The van der Waals surface area contributed by atoms with Gasteiger partial charge >= 0.3 is 5.97 Å². The smallest absolute Gasteiger partial charge is 0.305 e. The van der Waals surface area contributed by atoms with E-state index >= 15 is 0 Å². The molecular weight excluding hydrogens is 297 g/mol. The molecule has 21 heavy (non-hydrogen) atoms. The van der Waals surface area contributed by atoms with Gasteiger partial charge < -0.3 is 10.0 Å². The molecule has 1 atom stereocenters. The normalized spacial score (nSPS) is 12.4. The van der Waals surface area contributed by atoms with Crippen molar-refractivity contribution >= 4 is 29.6 Å². The standard InChI is InChI=1S/C15H17ClFNO3/c1-3-18(10(2)8-15(20)21)14(19)7-5-11-4-6-13(17)12(16)9-11/h4-7,9-10H,3,8H2,1-2H3,(H,20,21). The molecule has 0 saturated carbocycles. The zero-order valence-electron chi connectivity index (χ0n) is 11.8. The summed E-state index contributed by atoms with van der Waals surface area (Å²) in [4.78, 5) is 24.2. The van der Waals surface area contributed by atoms with Crippen molar-refractivity contribution in [1.29, 1.82) is 0 Å². The van der Waals surface area contributed by atoms with Gasteiger partial charge in [0.1, 0.15) is 5.82 Å². The highest BCUT2D eigenvalue weighted by Crippen LogP contribution is 2.17. The average molecular weight is 314 g/mol. The lowest BCUT2D eigenvalue weighted by molar-refractivity contribution is -0.139. The molecule has 6 heteroatoms. The minimum Gasteiger partial charge on any atom is -0.481 e. The van der Waals surface area contributed by atoms with Crippen LogP contribution in [0.25, 0.3) is 6.08 Å². The van der Waals surface area contributed by atoms with Crippen LogP contribution in [-0.2, 0) is 9.59 Å². The van der Waals surface area contributed by atoms with Crippen molar-refractivity contribution in [3.05, 3.63) is 40.7 Å². The summed E-state index contributed by atoms with van der Waals surface area (Å²) in [6.07, 6.45) is 2.73. The molecule has 0 aliphatic carbocycles. The Labute approximate surface area is 127 Å². The van der Waals surface area contributed by atoms with Crippen molar-refractivity contribution in [1.82, 2.24) is 4.90 Å². The lowest BCUT2D eigenvalue weighted by Crippen LogP contribution is -2.38. The van der Waals surface area contributed by atoms with Crippen molar-refractivity contribution < 1.29 is 19.1 Å². The van der Waals surface area contributed by atoms with Crippen LogP contribution in [0.3, 0.4) is 0 Å². The van der Waals surface area contributed by atoms with Crippen LogP contribution in [0.15, 0.2) is 24.3 Å². The number of likely N-dealkylation sites (N-methyl/N-ethyl adjacent to an activating group) is 1. The Hall–Kier alpha value is -1.88. The van der Waals surface area contributed by atoms with E-state index in [1.807, 2.05) is 0 Å². The molecule has 1 rings (SSSR count). The van der Waals surface area contributed by atoms with Gasteiger partial charge in [0, 0.05) is 18.7 Å². The van der Waals surface area contributed by atoms with Gasteiger partial charge in [-0.05, 0) is 37.6 Å². The van der Waals surface area contributed by atoms with Crippen LogP contribution < -0.4 is 0 Å². The first kappa shape index (κ1) is 17.2. The SMILES string of the molecule is CCN(C(=O)C=Cc1ccc(F)c(Cl)c1)C(C)CC(=O)O. The minimum atomic E-state index is -0.956. The van der Waals surface area contributed by atoms with Gasteiger partial charge in [0.05, 0.1) is 11.4 Å². The van der Waals surface area contributed by atoms with E-state index in [1.54, 1.807) is 13.8 Å². The summed E-state index contributed by atoms with van der Waals surface area (Å²) >= 11 is 5.66. The van der Waals surface area contributed by atoms with Gasteiger partial charge in [-0.3, -0.25) is 9.59 Å². The predicted molar refractivity (Wildman–Crippen MR) is 79.5 cm³/mol. The lowest BCUT2D eigenvalue weighted by Gasteiger charge is -2.25. The van der Waals surface area contributed by atoms with Crippen LogP contribution in [-0.4, -0.2) is 34.5 Å². The third-order valence-corrected chi connectivity index (χ3v) is 3.28. The summed E-state index contributed by atoms with van der Waals surface area (Å²) in [7, 11) is 0. The Morgan fingerprint density at radius 1 is 1.48 bits per heavy atom. The van der Waals surface area contributed by atoms with Crippen molar-refractivity contribution in [2.45, 2.75) is 26.3 Å². The lowest BCUT2D eigenvalue weighted by atomic mass is 10.1. The van der Waals surface area contributed by atoms with Gasteiger partial charge in [-0.2, -0.15) is 0 Å². The largest absolute Gasteiger partial charge is 0.481 e. The summed E-state index contributed by atoms with van der Waals surface area (Å²) in [5.74, 6) is -1.78. The second kappa shape index (κ2) is 7.78. The highest BCUT2D eigenvalue weighted by molar-refractivity contribution is 6.30. The molecule has 0 saturated heterocycles. The fourth-order valence-electron chi connectivity index (χ4n) is 1.93. The maximum Gasteiger partial charge on any atom is 0.305 e. The number of carboxylic acid groups (broad SMARTS) is 1. The predicted octanol–water partition coefficient (Wildman–Crippen LogP) is 3.20. The van der Waals surface area contributed by atoms with E-state index in [4.69, 9.17) is 16.7 Å². The van der Waals surface area contributed by atoms with E-state index in [2.05, 4.69) is 0 Å². The number of aliphatic carboxylic acids is 1. The topological polar surface area (TPSA) is 57.6 Å². The number of carbonyl (C=O) groups is 2. The first-order valence-electron chi connectivity index (χ1n) is 6.50. The van der Waals surface area contributed by atoms with Crippen LogP contribution in [0.4, 0.5) is 4.39 Å². The highest BCUT2D eigenvalue weighted by atomic mass is 35.5. The number of carboxylic acids is 1. The maximum absolute atomic E-state index is 13.0. The Morgan fingerprint density at radius 3 is 2.67 bits per heavy atom. The van der Waals surface area contributed by atoms with Crippen molar-refractivity contribution in [3.63, 3.8) is 0 Å². The molecule has 0 fully saturated rings. The summed E-state index contributed by atoms with van der Waals surface area (Å²) in [5, 5.41) is 8.75. The van der Waals surface area contributed by atoms with Gasteiger partial charge in [-0.1, -0.05) is 17.7 Å². The molecule has 0 aliphatic heterocycles. The van der Waals surface area contributed by atoms with E-state index in [9.17, 15) is 14.0 Å². The fraction of sp³-hybridized carbons (Fsp3) is 0.333. The van der Waals surface area contributed by atoms with Gasteiger partial charge in [-0.25, -0.2) is 4.39 Å². The number of rotatable bonds is 6. The third-order valence-electron chi connectivity index (χ3n) is 2.99. The zero-order chi connectivity index (χ0) is 16.0. The first-order chi connectivity index (χ1) is 9.85. The number of amides is 1. The van der Waals surface area contributed by atoms with E-state index in [-0.39, 0.29) is 17.4 Å². The van der Waals surface area contributed by atoms with E-state index in [0.29, 0.717) is 12.1 Å². The van der Waals surface area contributed by atoms with E-state index < -0.39 is 17.8 Å². The molecule has 114 valence electrons. The summed E-state index contributed by atoms with van der Waals surface area (Å²) in [5.41, 5.74) is 0.594. The van der Waals surface area contributed by atoms with Crippen molar-refractivity contribution in [3.8, 4) is 0 Å². The molecule has 0 aliphatic rings. The molecular formula is C15H17ClFNO3. The third kappa shape index (κ3) is 5.19. The number of benzene rings is 1. The molecule has 1 unspecified atom stereocenters. The highest BCUT2D eigenvalue weighted by Gasteiger charge is 2.18. The van der Waals surface area contributed by atoms with Gasteiger partial charge in [-0.15, -0.1) is 0 Å². The molecule has 1 aromatic rings. The number of hydrogen-bond donors (Lipinski definition) is 1. The molecule has 0 bridgehead atoms. The van der Waals surface area contributed by atoms with Gasteiger partial charge in [0.25, 0.3) is 0 Å². The summed E-state index contributed by atoms with van der Waals surface area (Å²) in [6, 6.07) is 3.73. The Balaban J connectivity index is 2.79. The molecule has 1 aromatic carbocycles. The van der Waals surface area contributed by atoms with Gasteiger partial charge in [0.15, 0.2) is 0 Å².